The van der Waals surface area contributed by atoms with Crippen molar-refractivity contribution in [1.82, 2.24) is 4.57 Å². The van der Waals surface area contributed by atoms with Gasteiger partial charge in [-0.25, -0.2) is 0 Å². The van der Waals surface area contributed by atoms with Crippen molar-refractivity contribution < 1.29 is 4.74 Å². The van der Waals surface area contributed by atoms with Crippen LogP contribution in [0.4, 0.5) is 5.69 Å². The van der Waals surface area contributed by atoms with E-state index in [2.05, 4.69) is 99.3 Å². The van der Waals surface area contributed by atoms with Crippen LogP contribution in [-0.2, 0) is 4.74 Å². The molecule has 3 nitrogen and oxygen atoms in total. The zero-order valence-corrected chi connectivity index (χ0v) is 15.1. The summed E-state index contributed by atoms with van der Waals surface area (Å²) in [5.74, 6) is 0. The smallest absolute Gasteiger partial charge is 0.158 e. The molecule has 1 fully saturated rings. The summed E-state index contributed by atoms with van der Waals surface area (Å²) in [6, 6.07) is 19.0. The Kier molecular flexibility index (Phi) is 4.17. The van der Waals surface area contributed by atoms with Crippen molar-refractivity contribution >= 4 is 21.6 Å². The van der Waals surface area contributed by atoms with Gasteiger partial charge >= 0.3 is 0 Å². The molecule has 0 unspecified atom stereocenters. The molecule has 1 saturated heterocycles. The van der Waals surface area contributed by atoms with Crippen LogP contribution in [0, 0.1) is 6.92 Å². The Bertz CT molecular complexity index is 841. The largest absolute Gasteiger partial charge is 0.352 e. The Morgan fingerprint density at radius 1 is 1.04 bits per heavy atom. The highest BCUT2D eigenvalue weighted by atomic mass is 79.9. The number of benzene rings is 2. The molecule has 0 amide bonds. The summed E-state index contributed by atoms with van der Waals surface area (Å²) < 4.78 is 9.24. The van der Waals surface area contributed by atoms with Crippen molar-refractivity contribution in [3.05, 3.63) is 82.6 Å². The Balaban J connectivity index is 1.62. The summed E-state index contributed by atoms with van der Waals surface area (Å²) in [5, 5.41) is 0. The highest BCUT2D eigenvalue weighted by Crippen LogP contribution is 2.33. The summed E-state index contributed by atoms with van der Waals surface area (Å²) in [7, 11) is 0. The van der Waals surface area contributed by atoms with Crippen LogP contribution in [0.15, 0.2) is 71.5 Å². The highest BCUT2D eigenvalue weighted by molar-refractivity contribution is 9.10. The van der Waals surface area contributed by atoms with Crippen LogP contribution in [0.25, 0.3) is 5.69 Å². The molecule has 0 aliphatic carbocycles. The van der Waals surface area contributed by atoms with Crippen LogP contribution in [0.5, 0.6) is 0 Å². The molecule has 1 aliphatic heterocycles. The molecule has 1 aromatic heterocycles. The van der Waals surface area contributed by atoms with Gasteiger partial charge in [0.2, 0.25) is 0 Å². The number of rotatable bonds is 3. The zero-order chi connectivity index (χ0) is 16.5. The van der Waals surface area contributed by atoms with E-state index >= 15 is 0 Å². The van der Waals surface area contributed by atoms with E-state index in [4.69, 9.17) is 4.74 Å². The molecule has 4 heteroatoms. The molecule has 122 valence electrons. The minimum absolute atomic E-state index is 0.0245. The number of halogens is 1. The fourth-order valence-corrected chi connectivity index (χ4v) is 3.41. The summed E-state index contributed by atoms with van der Waals surface area (Å²) in [6.07, 6.45) is 4.22. The number of ether oxygens (including phenoxy) is 1. The van der Waals surface area contributed by atoms with Gasteiger partial charge in [0.1, 0.15) is 0 Å². The summed E-state index contributed by atoms with van der Waals surface area (Å²) >= 11 is 3.48. The lowest BCUT2D eigenvalue weighted by Gasteiger charge is -2.25. The summed E-state index contributed by atoms with van der Waals surface area (Å²) in [5.41, 5.74) is 4.81. The number of aromatic nitrogens is 1. The van der Waals surface area contributed by atoms with Crippen molar-refractivity contribution in [2.24, 2.45) is 0 Å². The van der Waals surface area contributed by atoms with Gasteiger partial charge in [-0.05, 0) is 55.0 Å². The fourth-order valence-electron chi connectivity index (χ4n) is 3.15. The van der Waals surface area contributed by atoms with E-state index in [1.165, 1.54) is 16.8 Å². The molecule has 2 heterocycles. The lowest BCUT2D eigenvalue weighted by molar-refractivity contribution is 0.114. The lowest BCUT2D eigenvalue weighted by Crippen LogP contribution is -2.23. The molecular weight excluding hydrogens is 364 g/mol. The van der Waals surface area contributed by atoms with Gasteiger partial charge in [0.25, 0.3) is 0 Å². The molecule has 0 saturated carbocycles. The standard InChI is InChI=1S/C20H19BrN2O/c1-15-3-2-4-19(13-15)23-11-12-24-20(23)16-9-10-22(14-16)18-7-5-17(21)6-8-18/h2-10,13-14,20H,11-12H2,1H3/t20-/m1/s1. The maximum atomic E-state index is 6.02. The van der Waals surface area contributed by atoms with E-state index in [0.29, 0.717) is 0 Å². The monoisotopic (exact) mass is 382 g/mol. The van der Waals surface area contributed by atoms with Crippen LogP contribution in [-0.4, -0.2) is 17.7 Å². The molecule has 2 aromatic carbocycles. The first-order chi connectivity index (χ1) is 11.7. The molecule has 0 bridgehead atoms. The van der Waals surface area contributed by atoms with Crippen molar-refractivity contribution in [3.63, 3.8) is 0 Å². The number of hydrogen-bond acceptors (Lipinski definition) is 2. The van der Waals surface area contributed by atoms with Crippen LogP contribution < -0.4 is 4.90 Å². The molecule has 0 radical (unpaired) electrons. The van der Waals surface area contributed by atoms with Gasteiger partial charge in [-0.3, -0.25) is 0 Å². The lowest BCUT2D eigenvalue weighted by atomic mass is 10.2. The van der Waals surface area contributed by atoms with E-state index in [0.717, 1.165) is 23.3 Å². The third-order valence-corrected chi connectivity index (χ3v) is 4.88. The van der Waals surface area contributed by atoms with Gasteiger partial charge in [-0.2, -0.15) is 0 Å². The average molecular weight is 383 g/mol. The van der Waals surface area contributed by atoms with Gasteiger partial charge in [0.05, 0.1) is 6.61 Å². The molecule has 24 heavy (non-hydrogen) atoms. The molecule has 3 aromatic rings. The Labute approximate surface area is 150 Å². The minimum atomic E-state index is -0.0245. The molecular formula is C20H19BrN2O. The van der Waals surface area contributed by atoms with E-state index in [-0.39, 0.29) is 6.23 Å². The van der Waals surface area contributed by atoms with Crippen LogP contribution >= 0.6 is 15.9 Å². The zero-order valence-electron chi connectivity index (χ0n) is 13.5. The number of hydrogen-bond donors (Lipinski definition) is 0. The van der Waals surface area contributed by atoms with E-state index < -0.39 is 0 Å². The normalized spacial score (nSPS) is 17.4. The van der Waals surface area contributed by atoms with E-state index in [9.17, 15) is 0 Å². The maximum absolute atomic E-state index is 6.02. The van der Waals surface area contributed by atoms with E-state index in [1.807, 2.05) is 0 Å². The van der Waals surface area contributed by atoms with E-state index in [1.54, 1.807) is 0 Å². The van der Waals surface area contributed by atoms with Crippen molar-refractivity contribution in [1.29, 1.82) is 0 Å². The second-order valence-corrected chi connectivity index (χ2v) is 7.00. The number of anilines is 1. The van der Waals surface area contributed by atoms with Crippen LogP contribution in [0.3, 0.4) is 0 Å². The van der Waals surface area contributed by atoms with Gasteiger partial charge in [-0.15, -0.1) is 0 Å². The summed E-state index contributed by atoms with van der Waals surface area (Å²) in [4.78, 5) is 2.33. The van der Waals surface area contributed by atoms with Crippen molar-refractivity contribution in [3.8, 4) is 5.69 Å². The van der Waals surface area contributed by atoms with Crippen molar-refractivity contribution in [2.45, 2.75) is 13.2 Å². The number of nitrogens with zero attached hydrogens (tertiary/aromatic N) is 2. The fraction of sp³-hybridized carbons (Fsp3) is 0.200. The average Bonchev–Trinajstić information content (AvgIpc) is 3.24. The molecule has 0 N–H and O–H groups in total. The highest BCUT2D eigenvalue weighted by Gasteiger charge is 2.27. The Morgan fingerprint density at radius 3 is 2.67 bits per heavy atom. The second-order valence-electron chi connectivity index (χ2n) is 6.08. The van der Waals surface area contributed by atoms with Gasteiger partial charge in [0, 0.05) is 40.3 Å². The Hall–Kier alpha value is -2.04. The molecule has 1 aliphatic rings. The summed E-state index contributed by atoms with van der Waals surface area (Å²) in [6.45, 7) is 3.79. The van der Waals surface area contributed by atoms with Crippen LogP contribution in [0.2, 0.25) is 0 Å². The SMILES string of the molecule is Cc1cccc(N2CCO[C@@H]2c2ccn(-c3ccc(Br)cc3)c2)c1. The maximum Gasteiger partial charge on any atom is 0.158 e. The first kappa shape index (κ1) is 15.5. The minimum Gasteiger partial charge on any atom is -0.352 e. The first-order valence-electron chi connectivity index (χ1n) is 8.09. The Morgan fingerprint density at radius 2 is 1.88 bits per heavy atom. The van der Waals surface area contributed by atoms with Crippen LogP contribution in [0.1, 0.15) is 17.4 Å². The third kappa shape index (κ3) is 2.99. The third-order valence-electron chi connectivity index (χ3n) is 4.35. The predicted octanol–water partition coefficient (Wildman–Crippen LogP) is 5.08. The molecule has 4 rings (SSSR count). The second kappa shape index (κ2) is 6.46. The predicted molar refractivity (Wildman–Crippen MR) is 101 cm³/mol. The quantitative estimate of drug-likeness (QED) is 0.627. The first-order valence-corrected chi connectivity index (χ1v) is 8.89. The van der Waals surface area contributed by atoms with Crippen molar-refractivity contribution in [2.75, 3.05) is 18.1 Å². The van der Waals surface area contributed by atoms with Gasteiger partial charge < -0.3 is 14.2 Å². The topological polar surface area (TPSA) is 17.4 Å². The van der Waals surface area contributed by atoms with Gasteiger partial charge in [0.15, 0.2) is 6.23 Å². The number of aryl methyl sites for hydroxylation is 1. The molecule has 1 atom stereocenters. The van der Waals surface area contributed by atoms with Gasteiger partial charge in [-0.1, -0.05) is 28.1 Å². The molecule has 0 spiro atoms.